The summed E-state index contributed by atoms with van der Waals surface area (Å²) in [5.41, 5.74) is 18.1. The molecule has 0 aliphatic carbocycles. The second-order valence-corrected chi connectivity index (χ2v) is 4.57. The maximum Gasteiger partial charge on any atom is 0.191 e. The highest BCUT2D eigenvalue weighted by Gasteiger charge is 2.05. The van der Waals surface area contributed by atoms with Gasteiger partial charge in [0.05, 0.1) is 0 Å². The van der Waals surface area contributed by atoms with Gasteiger partial charge in [-0.3, -0.25) is 0 Å². The van der Waals surface area contributed by atoms with Gasteiger partial charge < -0.3 is 17.2 Å². The molecule has 0 atom stereocenters. The Hall–Kier alpha value is -2.02. The Bertz CT molecular complexity index is 555. The molecule has 2 rings (SSSR count). The van der Waals surface area contributed by atoms with Crippen LogP contribution in [-0.2, 0) is 5.75 Å². The summed E-state index contributed by atoms with van der Waals surface area (Å²) in [6, 6.07) is 5.71. The molecule has 0 aliphatic heterocycles. The summed E-state index contributed by atoms with van der Waals surface area (Å²) in [5.74, 6) is 0.731. The van der Waals surface area contributed by atoms with Gasteiger partial charge in [-0.2, -0.15) is 0 Å². The van der Waals surface area contributed by atoms with E-state index in [1.54, 1.807) is 0 Å². The molecule has 0 aliphatic rings. The summed E-state index contributed by atoms with van der Waals surface area (Å²) in [6.07, 6.45) is 0. The number of rotatable bonds is 3. The molecular formula is C11H12FN5S. The van der Waals surface area contributed by atoms with Crippen LogP contribution in [0, 0.1) is 5.82 Å². The Morgan fingerprint density at radius 3 is 2.39 bits per heavy atom. The molecule has 1 heterocycles. The zero-order valence-corrected chi connectivity index (χ0v) is 10.2. The Morgan fingerprint density at radius 1 is 1.06 bits per heavy atom. The van der Waals surface area contributed by atoms with Gasteiger partial charge in [-0.05, 0) is 23.8 Å². The number of nitrogens with two attached hydrogens (primary N) is 3. The van der Waals surface area contributed by atoms with Crippen molar-refractivity contribution in [3.8, 4) is 0 Å². The van der Waals surface area contributed by atoms with Crippen molar-refractivity contribution in [2.75, 3.05) is 17.2 Å². The van der Waals surface area contributed by atoms with Gasteiger partial charge in [0.15, 0.2) is 5.16 Å². The lowest BCUT2D eigenvalue weighted by molar-refractivity contribution is 0.627. The maximum absolute atomic E-state index is 13.1. The van der Waals surface area contributed by atoms with E-state index in [1.165, 1.54) is 36.0 Å². The van der Waals surface area contributed by atoms with Crippen molar-refractivity contribution in [3.05, 3.63) is 35.6 Å². The Labute approximate surface area is 108 Å². The van der Waals surface area contributed by atoms with E-state index in [4.69, 9.17) is 17.2 Å². The second kappa shape index (κ2) is 5.09. The fraction of sp³-hybridized carbons (Fsp3) is 0.0909. The standard InChI is InChI=1S/C11H12FN5S/c12-7-1-2-8(13)6(3-7)5-18-11-16-9(14)4-10(15)17-11/h1-4H,5,13H2,(H4,14,15,16,17). The molecule has 94 valence electrons. The predicted octanol–water partition coefficient (Wildman–Crippen LogP) is 1.65. The highest BCUT2D eigenvalue weighted by Crippen LogP contribution is 2.24. The van der Waals surface area contributed by atoms with Crippen LogP contribution in [0.4, 0.5) is 21.7 Å². The molecule has 0 amide bonds. The van der Waals surface area contributed by atoms with E-state index >= 15 is 0 Å². The van der Waals surface area contributed by atoms with Crippen LogP contribution in [-0.4, -0.2) is 9.97 Å². The van der Waals surface area contributed by atoms with Crippen molar-refractivity contribution in [2.24, 2.45) is 0 Å². The molecule has 5 nitrogen and oxygen atoms in total. The van der Waals surface area contributed by atoms with Crippen LogP contribution in [0.5, 0.6) is 0 Å². The third kappa shape index (κ3) is 3.01. The number of benzene rings is 1. The third-order valence-electron chi connectivity index (χ3n) is 2.21. The van der Waals surface area contributed by atoms with Crippen molar-refractivity contribution < 1.29 is 4.39 Å². The fourth-order valence-electron chi connectivity index (χ4n) is 1.37. The van der Waals surface area contributed by atoms with E-state index in [2.05, 4.69) is 9.97 Å². The zero-order valence-electron chi connectivity index (χ0n) is 9.43. The first-order valence-electron chi connectivity index (χ1n) is 5.11. The molecule has 18 heavy (non-hydrogen) atoms. The smallest absolute Gasteiger partial charge is 0.191 e. The second-order valence-electron chi connectivity index (χ2n) is 3.63. The molecule has 2 aromatic rings. The number of hydrogen-bond donors (Lipinski definition) is 3. The number of halogens is 1. The third-order valence-corrected chi connectivity index (χ3v) is 3.10. The molecule has 0 radical (unpaired) electrons. The summed E-state index contributed by atoms with van der Waals surface area (Å²) in [5, 5.41) is 0.441. The van der Waals surface area contributed by atoms with Gasteiger partial charge in [0.25, 0.3) is 0 Å². The van der Waals surface area contributed by atoms with Crippen LogP contribution >= 0.6 is 11.8 Å². The Morgan fingerprint density at radius 2 is 1.72 bits per heavy atom. The highest BCUT2D eigenvalue weighted by molar-refractivity contribution is 7.98. The van der Waals surface area contributed by atoms with Gasteiger partial charge in [0.2, 0.25) is 0 Å². The summed E-state index contributed by atoms with van der Waals surface area (Å²) < 4.78 is 13.1. The summed E-state index contributed by atoms with van der Waals surface area (Å²) >= 11 is 1.30. The number of thioether (sulfide) groups is 1. The molecule has 0 saturated carbocycles. The van der Waals surface area contributed by atoms with Gasteiger partial charge in [-0.25, -0.2) is 14.4 Å². The van der Waals surface area contributed by atoms with Crippen LogP contribution < -0.4 is 17.2 Å². The molecule has 0 spiro atoms. The van der Waals surface area contributed by atoms with Crippen molar-refractivity contribution in [3.63, 3.8) is 0 Å². The van der Waals surface area contributed by atoms with E-state index in [9.17, 15) is 4.39 Å². The number of nitrogens with zero attached hydrogens (tertiary/aromatic N) is 2. The first-order chi connectivity index (χ1) is 8.54. The SMILES string of the molecule is Nc1cc(N)nc(SCc2cc(F)ccc2N)n1. The lowest BCUT2D eigenvalue weighted by atomic mass is 10.2. The van der Waals surface area contributed by atoms with Gasteiger partial charge in [-0.1, -0.05) is 11.8 Å². The van der Waals surface area contributed by atoms with Crippen LogP contribution in [0.3, 0.4) is 0 Å². The van der Waals surface area contributed by atoms with Gasteiger partial charge in [0.1, 0.15) is 17.5 Å². The minimum atomic E-state index is -0.326. The minimum absolute atomic E-state index is 0.303. The van der Waals surface area contributed by atoms with E-state index in [0.29, 0.717) is 33.8 Å². The molecule has 7 heteroatoms. The van der Waals surface area contributed by atoms with Gasteiger partial charge in [-0.15, -0.1) is 0 Å². The van der Waals surface area contributed by atoms with Crippen molar-refractivity contribution >= 4 is 29.1 Å². The zero-order chi connectivity index (χ0) is 13.1. The normalized spacial score (nSPS) is 10.5. The summed E-state index contributed by atoms with van der Waals surface area (Å²) in [7, 11) is 0. The largest absolute Gasteiger partial charge is 0.398 e. The monoisotopic (exact) mass is 265 g/mol. The summed E-state index contributed by atoms with van der Waals surface area (Å²) in [6.45, 7) is 0. The van der Waals surface area contributed by atoms with E-state index < -0.39 is 0 Å². The number of hydrogen-bond acceptors (Lipinski definition) is 6. The quantitative estimate of drug-likeness (QED) is 0.443. The Kier molecular flexibility index (Phi) is 3.52. The average molecular weight is 265 g/mol. The maximum atomic E-state index is 13.1. The molecule has 1 aromatic heterocycles. The first kappa shape index (κ1) is 12.4. The van der Waals surface area contributed by atoms with E-state index in [1.807, 2.05) is 0 Å². The van der Waals surface area contributed by atoms with Gasteiger partial charge >= 0.3 is 0 Å². The topological polar surface area (TPSA) is 104 Å². The lowest BCUT2D eigenvalue weighted by Crippen LogP contribution is -2.00. The molecule has 0 saturated heterocycles. The minimum Gasteiger partial charge on any atom is -0.398 e. The van der Waals surface area contributed by atoms with E-state index in [0.717, 1.165) is 0 Å². The van der Waals surface area contributed by atoms with Gasteiger partial charge in [0, 0.05) is 17.5 Å². The molecule has 0 unspecified atom stereocenters. The fourth-order valence-corrected chi connectivity index (χ4v) is 2.24. The molecular weight excluding hydrogens is 253 g/mol. The van der Waals surface area contributed by atoms with Crippen LogP contribution in [0.1, 0.15) is 5.56 Å². The van der Waals surface area contributed by atoms with Crippen LogP contribution in [0.2, 0.25) is 0 Å². The summed E-state index contributed by atoms with van der Waals surface area (Å²) in [4.78, 5) is 8.03. The first-order valence-corrected chi connectivity index (χ1v) is 6.10. The Balaban J connectivity index is 2.13. The van der Waals surface area contributed by atoms with Crippen LogP contribution in [0.25, 0.3) is 0 Å². The predicted molar refractivity (Wildman–Crippen MR) is 71.2 cm³/mol. The molecule has 1 aromatic carbocycles. The van der Waals surface area contributed by atoms with E-state index in [-0.39, 0.29) is 5.82 Å². The lowest BCUT2D eigenvalue weighted by Gasteiger charge is -2.05. The molecule has 0 fully saturated rings. The van der Waals surface area contributed by atoms with Crippen LogP contribution in [0.15, 0.2) is 29.4 Å². The molecule has 0 bridgehead atoms. The molecule has 6 N–H and O–H groups in total. The van der Waals surface area contributed by atoms with Crippen molar-refractivity contribution in [2.45, 2.75) is 10.9 Å². The van der Waals surface area contributed by atoms with Crippen molar-refractivity contribution in [1.82, 2.24) is 9.97 Å². The number of anilines is 3. The number of aromatic nitrogens is 2. The number of nitrogen functional groups attached to an aromatic ring is 3. The highest BCUT2D eigenvalue weighted by atomic mass is 32.2. The van der Waals surface area contributed by atoms with Crippen molar-refractivity contribution in [1.29, 1.82) is 0 Å². The average Bonchev–Trinajstić information content (AvgIpc) is 2.29.